The molecular formula is C31H24N2. The standard InChI is InChI=1S/C31H24N2/c1-21-16-17-25-27-19-18-26-24-14-8-9-15-28(24)32(22-10-4-2-5-11-22)30(26)31(27)33(29(25)20-21)23-12-6-3-7-13-23/h2-4,6-10,12-20H,5,11H2,1H3. The van der Waals surface area contributed by atoms with Crippen LogP contribution in [0.5, 0.6) is 0 Å². The van der Waals surface area contributed by atoms with E-state index in [1.54, 1.807) is 0 Å². The number of rotatable bonds is 2. The minimum atomic E-state index is 1.05. The molecule has 1 aliphatic rings. The first-order valence-corrected chi connectivity index (χ1v) is 11.7. The van der Waals surface area contributed by atoms with Crippen LogP contribution in [0.3, 0.4) is 0 Å². The summed E-state index contributed by atoms with van der Waals surface area (Å²) in [6, 6.07) is 31.1. The van der Waals surface area contributed by atoms with Crippen LogP contribution in [0.1, 0.15) is 18.4 Å². The monoisotopic (exact) mass is 424 g/mol. The minimum absolute atomic E-state index is 1.05. The summed E-state index contributed by atoms with van der Waals surface area (Å²) in [5.74, 6) is 0. The van der Waals surface area contributed by atoms with Crippen molar-refractivity contribution in [3.63, 3.8) is 0 Å². The molecule has 0 saturated carbocycles. The molecule has 1 aliphatic carbocycles. The number of aryl methyl sites for hydroxylation is 1. The van der Waals surface area contributed by atoms with Crippen LogP contribution in [0.25, 0.3) is 55.0 Å². The molecule has 4 aromatic carbocycles. The molecule has 6 aromatic rings. The number of hydrogen-bond acceptors (Lipinski definition) is 0. The highest BCUT2D eigenvalue weighted by Crippen LogP contribution is 2.42. The number of allylic oxidation sites excluding steroid dienone is 4. The fourth-order valence-electron chi connectivity index (χ4n) is 5.58. The normalized spacial score (nSPS) is 14.0. The van der Waals surface area contributed by atoms with E-state index < -0.39 is 0 Å². The third-order valence-electron chi connectivity index (χ3n) is 7.01. The van der Waals surface area contributed by atoms with Gasteiger partial charge in [0.1, 0.15) is 0 Å². The second kappa shape index (κ2) is 6.98. The molecular weight excluding hydrogens is 400 g/mol. The van der Waals surface area contributed by atoms with Crippen molar-refractivity contribution in [3.05, 3.63) is 109 Å². The Bertz CT molecular complexity index is 1760. The Morgan fingerprint density at radius 2 is 1.33 bits per heavy atom. The van der Waals surface area contributed by atoms with Gasteiger partial charge in [-0.25, -0.2) is 0 Å². The summed E-state index contributed by atoms with van der Waals surface area (Å²) in [6.07, 6.45) is 8.88. The van der Waals surface area contributed by atoms with Gasteiger partial charge in [-0.2, -0.15) is 0 Å². The van der Waals surface area contributed by atoms with Crippen LogP contribution in [0.4, 0.5) is 0 Å². The SMILES string of the molecule is Cc1ccc2c3ccc4c5ccccc5n(C5=CC=CCC5)c4c3n(-c3ccccc3)c2c1. The molecule has 0 spiro atoms. The van der Waals surface area contributed by atoms with Gasteiger partial charge in [-0.1, -0.05) is 72.8 Å². The predicted octanol–water partition coefficient (Wildman–Crippen LogP) is 8.39. The van der Waals surface area contributed by atoms with E-state index in [4.69, 9.17) is 0 Å². The molecule has 33 heavy (non-hydrogen) atoms. The number of fused-ring (bicyclic) bond motifs is 7. The van der Waals surface area contributed by atoms with Crippen molar-refractivity contribution in [3.8, 4) is 5.69 Å². The quantitative estimate of drug-likeness (QED) is 0.264. The Morgan fingerprint density at radius 3 is 2.12 bits per heavy atom. The van der Waals surface area contributed by atoms with Gasteiger partial charge in [-0.3, -0.25) is 0 Å². The third-order valence-corrected chi connectivity index (χ3v) is 7.01. The highest BCUT2D eigenvalue weighted by atomic mass is 15.0. The first-order valence-electron chi connectivity index (χ1n) is 11.7. The summed E-state index contributed by atoms with van der Waals surface area (Å²) in [7, 11) is 0. The van der Waals surface area contributed by atoms with Crippen molar-refractivity contribution < 1.29 is 0 Å². The number of benzene rings is 4. The van der Waals surface area contributed by atoms with Gasteiger partial charge in [0.15, 0.2) is 0 Å². The lowest BCUT2D eigenvalue weighted by molar-refractivity contribution is 0.979. The van der Waals surface area contributed by atoms with Crippen molar-refractivity contribution in [2.45, 2.75) is 19.8 Å². The molecule has 0 unspecified atom stereocenters. The second-order valence-electron chi connectivity index (χ2n) is 9.03. The maximum atomic E-state index is 2.52. The molecule has 2 nitrogen and oxygen atoms in total. The second-order valence-corrected chi connectivity index (χ2v) is 9.03. The summed E-state index contributed by atoms with van der Waals surface area (Å²) < 4.78 is 4.98. The zero-order valence-corrected chi connectivity index (χ0v) is 18.6. The Balaban J connectivity index is 1.78. The lowest BCUT2D eigenvalue weighted by Gasteiger charge is -2.16. The first kappa shape index (κ1) is 18.5. The fraction of sp³-hybridized carbons (Fsp3) is 0.0968. The Labute approximate surface area is 192 Å². The molecule has 2 aromatic heterocycles. The van der Waals surface area contributed by atoms with Crippen LogP contribution >= 0.6 is 0 Å². The van der Waals surface area contributed by atoms with Gasteiger partial charge in [0.25, 0.3) is 0 Å². The van der Waals surface area contributed by atoms with E-state index in [0.717, 1.165) is 12.8 Å². The summed E-state index contributed by atoms with van der Waals surface area (Å²) in [4.78, 5) is 0. The average molecular weight is 425 g/mol. The highest BCUT2D eigenvalue weighted by molar-refractivity contribution is 6.24. The maximum absolute atomic E-state index is 2.52. The summed E-state index contributed by atoms with van der Waals surface area (Å²) in [6.45, 7) is 2.18. The van der Waals surface area contributed by atoms with Gasteiger partial charge in [-0.05, 0) is 55.7 Å². The Hall–Kier alpha value is -4.04. The van der Waals surface area contributed by atoms with Crippen molar-refractivity contribution in [2.75, 3.05) is 0 Å². The first-order chi connectivity index (χ1) is 16.3. The van der Waals surface area contributed by atoms with Gasteiger partial charge >= 0.3 is 0 Å². The topological polar surface area (TPSA) is 9.86 Å². The number of nitrogens with zero attached hydrogens (tertiary/aromatic N) is 2. The molecule has 0 bridgehead atoms. The number of hydrogen-bond donors (Lipinski definition) is 0. The molecule has 2 heteroatoms. The van der Waals surface area contributed by atoms with E-state index in [0.29, 0.717) is 0 Å². The van der Waals surface area contributed by atoms with Gasteiger partial charge in [0.2, 0.25) is 0 Å². The fourth-order valence-corrected chi connectivity index (χ4v) is 5.58. The molecule has 0 aliphatic heterocycles. The predicted molar refractivity (Wildman–Crippen MR) is 141 cm³/mol. The van der Waals surface area contributed by atoms with Gasteiger partial charge in [0.05, 0.1) is 22.1 Å². The summed E-state index contributed by atoms with van der Waals surface area (Å²) in [5, 5.41) is 5.23. The third kappa shape index (κ3) is 2.61. The molecule has 0 amide bonds. The highest BCUT2D eigenvalue weighted by Gasteiger charge is 2.21. The van der Waals surface area contributed by atoms with E-state index in [2.05, 4.69) is 119 Å². The molecule has 158 valence electrons. The molecule has 2 heterocycles. The van der Waals surface area contributed by atoms with Gasteiger partial charge in [-0.15, -0.1) is 0 Å². The lowest BCUT2D eigenvalue weighted by Crippen LogP contribution is -2.01. The smallest absolute Gasteiger partial charge is 0.0788 e. The van der Waals surface area contributed by atoms with Crippen molar-refractivity contribution in [2.24, 2.45) is 0 Å². The number of para-hydroxylation sites is 2. The van der Waals surface area contributed by atoms with Gasteiger partial charge < -0.3 is 9.13 Å². The van der Waals surface area contributed by atoms with Crippen LogP contribution in [0, 0.1) is 6.92 Å². The van der Waals surface area contributed by atoms with Crippen LogP contribution in [0.2, 0.25) is 0 Å². The minimum Gasteiger partial charge on any atom is -0.311 e. The van der Waals surface area contributed by atoms with E-state index in [1.165, 1.54) is 60.6 Å². The molecule has 0 atom stereocenters. The molecule has 0 saturated heterocycles. The van der Waals surface area contributed by atoms with Crippen LogP contribution < -0.4 is 0 Å². The molecule has 0 fully saturated rings. The van der Waals surface area contributed by atoms with Crippen molar-refractivity contribution in [1.29, 1.82) is 0 Å². The Morgan fingerprint density at radius 1 is 0.636 bits per heavy atom. The average Bonchev–Trinajstić information content (AvgIpc) is 3.37. The van der Waals surface area contributed by atoms with E-state index in [9.17, 15) is 0 Å². The molecule has 0 radical (unpaired) electrons. The van der Waals surface area contributed by atoms with Crippen LogP contribution in [0.15, 0.2) is 103 Å². The largest absolute Gasteiger partial charge is 0.311 e. The number of aromatic nitrogens is 2. The molecule has 7 rings (SSSR count). The van der Waals surface area contributed by atoms with Gasteiger partial charge in [0, 0.05) is 32.9 Å². The zero-order chi connectivity index (χ0) is 21.9. The van der Waals surface area contributed by atoms with Crippen molar-refractivity contribution in [1.82, 2.24) is 9.13 Å². The van der Waals surface area contributed by atoms with Crippen LogP contribution in [-0.2, 0) is 0 Å². The van der Waals surface area contributed by atoms with Crippen molar-refractivity contribution >= 4 is 49.3 Å². The zero-order valence-electron chi connectivity index (χ0n) is 18.6. The van der Waals surface area contributed by atoms with E-state index in [-0.39, 0.29) is 0 Å². The van der Waals surface area contributed by atoms with Crippen LogP contribution in [-0.4, -0.2) is 9.13 Å². The van der Waals surface area contributed by atoms with E-state index in [1.807, 2.05) is 0 Å². The maximum Gasteiger partial charge on any atom is 0.0788 e. The van der Waals surface area contributed by atoms with E-state index >= 15 is 0 Å². The lowest BCUT2D eigenvalue weighted by atomic mass is 10.1. The summed E-state index contributed by atoms with van der Waals surface area (Å²) >= 11 is 0. The Kier molecular flexibility index (Phi) is 3.92. The summed E-state index contributed by atoms with van der Waals surface area (Å²) in [5.41, 5.74) is 8.96. The molecule has 0 N–H and O–H groups in total.